The van der Waals surface area contributed by atoms with E-state index in [9.17, 15) is 4.79 Å². The first kappa shape index (κ1) is 22.9. The first-order valence-corrected chi connectivity index (χ1v) is 13.4. The summed E-state index contributed by atoms with van der Waals surface area (Å²) < 4.78 is 1.99. The zero-order valence-electron chi connectivity index (χ0n) is 19.3. The SMILES string of the molecule is Cc1nnc(SCc2nc(C(=O)N3CC4(C)CC3CC(C)(C)C4)cs2)n1-c1cccc(Cl)c1. The van der Waals surface area contributed by atoms with Crippen LogP contribution in [0.1, 0.15) is 61.4 Å². The zero-order chi connectivity index (χ0) is 23.4. The lowest BCUT2D eigenvalue weighted by Gasteiger charge is -2.39. The lowest BCUT2D eigenvalue weighted by atomic mass is 9.65. The number of hydrogen-bond donors (Lipinski definition) is 0. The van der Waals surface area contributed by atoms with Gasteiger partial charge in [0.15, 0.2) is 5.16 Å². The number of aromatic nitrogens is 4. The molecule has 0 spiro atoms. The molecule has 3 aromatic rings. The summed E-state index contributed by atoms with van der Waals surface area (Å²) in [6.45, 7) is 9.74. The van der Waals surface area contributed by atoms with Gasteiger partial charge in [-0.3, -0.25) is 9.36 Å². The minimum absolute atomic E-state index is 0.0758. The van der Waals surface area contributed by atoms with Gasteiger partial charge in [0, 0.05) is 23.0 Å². The maximum atomic E-state index is 13.3. The van der Waals surface area contributed by atoms with E-state index in [4.69, 9.17) is 16.6 Å². The van der Waals surface area contributed by atoms with Crippen molar-refractivity contribution in [3.05, 3.63) is 51.2 Å². The van der Waals surface area contributed by atoms with Crippen LogP contribution in [-0.2, 0) is 5.75 Å². The number of halogens is 1. The highest BCUT2D eigenvalue weighted by molar-refractivity contribution is 7.98. The van der Waals surface area contributed by atoms with Crippen molar-refractivity contribution in [1.82, 2.24) is 24.6 Å². The van der Waals surface area contributed by atoms with Crippen molar-refractivity contribution in [2.75, 3.05) is 6.54 Å². The quantitative estimate of drug-likeness (QED) is 0.400. The van der Waals surface area contributed by atoms with Crippen LogP contribution in [0, 0.1) is 17.8 Å². The first-order chi connectivity index (χ1) is 15.6. The number of likely N-dealkylation sites (tertiary alicyclic amines) is 1. The van der Waals surface area contributed by atoms with Crippen LogP contribution in [0.2, 0.25) is 5.02 Å². The molecule has 1 aromatic carbocycles. The average molecular weight is 502 g/mol. The normalized spacial score (nSPS) is 23.8. The van der Waals surface area contributed by atoms with Crippen molar-refractivity contribution in [2.45, 2.75) is 63.9 Å². The Hall–Kier alpha value is -1.90. The third-order valence-corrected chi connectivity index (χ3v) is 8.84. The van der Waals surface area contributed by atoms with Gasteiger partial charge in [-0.2, -0.15) is 0 Å². The van der Waals surface area contributed by atoms with Crippen LogP contribution in [0.4, 0.5) is 0 Å². The summed E-state index contributed by atoms with van der Waals surface area (Å²) in [5, 5.41) is 12.8. The van der Waals surface area contributed by atoms with Gasteiger partial charge in [-0.25, -0.2) is 4.98 Å². The number of carbonyl (C=O) groups excluding carboxylic acids is 1. The molecule has 2 bridgehead atoms. The van der Waals surface area contributed by atoms with Gasteiger partial charge in [-0.1, -0.05) is 50.2 Å². The summed E-state index contributed by atoms with van der Waals surface area (Å²) in [5.41, 5.74) is 2.00. The van der Waals surface area contributed by atoms with Crippen LogP contribution in [0.3, 0.4) is 0 Å². The summed E-state index contributed by atoms with van der Waals surface area (Å²) in [6.07, 6.45) is 3.35. The molecule has 1 aliphatic carbocycles. The third-order valence-electron chi connectivity index (χ3n) is 6.63. The van der Waals surface area contributed by atoms with Crippen LogP contribution in [0.5, 0.6) is 0 Å². The molecular weight excluding hydrogens is 474 g/mol. The first-order valence-electron chi connectivity index (χ1n) is 11.2. The minimum atomic E-state index is 0.0758. The molecule has 1 amide bonds. The molecule has 2 unspecified atom stereocenters. The second-order valence-corrected chi connectivity index (χ2v) is 12.7. The predicted octanol–water partition coefficient (Wildman–Crippen LogP) is 6.02. The molecule has 1 saturated carbocycles. The molecule has 9 heteroatoms. The van der Waals surface area contributed by atoms with Crippen LogP contribution >= 0.6 is 34.7 Å². The van der Waals surface area contributed by atoms with Gasteiger partial charge < -0.3 is 4.90 Å². The van der Waals surface area contributed by atoms with Crippen molar-refractivity contribution >= 4 is 40.6 Å². The Kier molecular flexibility index (Phi) is 5.82. The molecule has 0 radical (unpaired) electrons. The van der Waals surface area contributed by atoms with Crippen molar-refractivity contribution < 1.29 is 4.79 Å². The topological polar surface area (TPSA) is 63.9 Å². The largest absolute Gasteiger partial charge is 0.334 e. The van der Waals surface area contributed by atoms with Crippen LogP contribution < -0.4 is 0 Å². The van der Waals surface area contributed by atoms with E-state index in [2.05, 4.69) is 35.9 Å². The van der Waals surface area contributed by atoms with E-state index in [1.165, 1.54) is 17.8 Å². The van der Waals surface area contributed by atoms with Gasteiger partial charge in [0.2, 0.25) is 0 Å². The number of fused-ring (bicyclic) bond motifs is 2. The Morgan fingerprint density at radius 3 is 2.88 bits per heavy atom. The Labute approximate surface area is 207 Å². The number of hydrogen-bond acceptors (Lipinski definition) is 6. The van der Waals surface area contributed by atoms with E-state index < -0.39 is 0 Å². The van der Waals surface area contributed by atoms with Crippen LogP contribution in [-0.4, -0.2) is 43.1 Å². The molecule has 2 aromatic heterocycles. The smallest absolute Gasteiger partial charge is 0.273 e. The van der Waals surface area contributed by atoms with Gasteiger partial charge in [-0.15, -0.1) is 21.5 Å². The maximum absolute atomic E-state index is 13.3. The zero-order valence-corrected chi connectivity index (χ0v) is 21.7. The molecule has 6 nitrogen and oxygen atoms in total. The van der Waals surface area contributed by atoms with E-state index in [0.29, 0.717) is 22.5 Å². The standard InChI is InChI=1S/C24H28ClN5OS2/c1-15-27-28-22(30(15)17-7-5-6-16(25)8-17)33-12-20-26-19(11-32-20)21(31)29-14-24(4)10-18(29)9-23(2,3)13-24/h5-8,11,18H,9-10,12-14H2,1-4H3. The molecule has 1 saturated heterocycles. The van der Waals surface area contributed by atoms with Gasteiger partial charge in [0.25, 0.3) is 5.91 Å². The summed E-state index contributed by atoms with van der Waals surface area (Å²) in [7, 11) is 0. The van der Waals surface area contributed by atoms with Gasteiger partial charge in [0.1, 0.15) is 16.5 Å². The molecule has 1 aliphatic heterocycles. The number of amides is 1. The highest BCUT2D eigenvalue weighted by Gasteiger charge is 2.51. The van der Waals surface area contributed by atoms with Crippen molar-refractivity contribution in [1.29, 1.82) is 0 Å². The van der Waals surface area contributed by atoms with E-state index >= 15 is 0 Å². The molecule has 5 rings (SSSR count). The van der Waals surface area contributed by atoms with E-state index in [0.717, 1.165) is 41.1 Å². The number of nitrogens with zero attached hydrogens (tertiary/aromatic N) is 5. The number of aryl methyl sites for hydroxylation is 1. The summed E-state index contributed by atoms with van der Waals surface area (Å²) >= 11 is 9.27. The summed E-state index contributed by atoms with van der Waals surface area (Å²) in [5.74, 6) is 1.50. The minimum Gasteiger partial charge on any atom is -0.334 e. The van der Waals surface area contributed by atoms with Crippen LogP contribution in [0.15, 0.2) is 34.8 Å². The second-order valence-electron chi connectivity index (χ2n) is 10.4. The summed E-state index contributed by atoms with van der Waals surface area (Å²) in [4.78, 5) is 20.1. The molecule has 174 valence electrons. The van der Waals surface area contributed by atoms with Crippen molar-refractivity contribution in [2.24, 2.45) is 10.8 Å². The monoisotopic (exact) mass is 501 g/mol. The molecule has 0 N–H and O–H groups in total. The second kappa shape index (κ2) is 8.40. The predicted molar refractivity (Wildman–Crippen MR) is 133 cm³/mol. The summed E-state index contributed by atoms with van der Waals surface area (Å²) in [6, 6.07) is 7.97. The Morgan fingerprint density at radius 1 is 1.27 bits per heavy atom. The van der Waals surface area contributed by atoms with E-state index in [1.807, 2.05) is 41.1 Å². The lowest BCUT2D eigenvalue weighted by Crippen LogP contribution is -2.37. The third kappa shape index (κ3) is 4.57. The highest BCUT2D eigenvalue weighted by Crippen LogP contribution is 2.52. The van der Waals surface area contributed by atoms with Gasteiger partial charge in [-0.05, 0) is 55.2 Å². The van der Waals surface area contributed by atoms with Gasteiger partial charge >= 0.3 is 0 Å². The Morgan fingerprint density at radius 2 is 2.09 bits per heavy atom. The number of thioether (sulfide) groups is 1. The number of rotatable bonds is 5. The lowest BCUT2D eigenvalue weighted by molar-refractivity contribution is 0.0703. The Balaban J connectivity index is 1.29. The highest BCUT2D eigenvalue weighted by atomic mass is 35.5. The molecule has 2 atom stereocenters. The number of carbonyl (C=O) groups is 1. The molecular formula is C24H28ClN5OS2. The fourth-order valence-electron chi connectivity index (χ4n) is 5.80. The number of thiazole rings is 1. The Bertz CT molecular complexity index is 1210. The molecule has 3 heterocycles. The molecule has 33 heavy (non-hydrogen) atoms. The van der Waals surface area contributed by atoms with Crippen LogP contribution in [0.25, 0.3) is 5.69 Å². The van der Waals surface area contributed by atoms with E-state index in [-0.39, 0.29) is 16.7 Å². The molecule has 2 aliphatic rings. The van der Waals surface area contributed by atoms with E-state index in [1.54, 1.807) is 11.8 Å². The van der Waals surface area contributed by atoms with Crippen molar-refractivity contribution in [3.8, 4) is 5.69 Å². The molecule has 2 fully saturated rings. The number of benzene rings is 1. The average Bonchev–Trinajstić information content (AvgIpc) is 3.41. The fourth-order valence-corrected chi connectivity index (χ4v) is 7.76. The maximum Gasteiger partial charge on any atom is 0.273 e. The van der Waals surface area contributed by atoms with Gasteiger partial charge in [0.05, 0.1) is 11.4 Å². The van der Waals surface area contributed by atoms with Crippen molar-refractivity contribution in [3.63, 3.8) is 0 Å². The fraction of sp³-hybridized carbons (Fsp3) is 0.500.